The van der Waals surface area contributed by atoms with Crippen LogP contribution in [0.15, 0.2) is 99.5 Å². The van der Waals surface area contributed by atoms with Crippen molar-refractivity contribution in [3.63, 3.8) is 0 Å². The average Bonchev–Trinajstić information content (AvgIpc) is 3.08. The van der Waals surface area contributed by atoms with Crippen molar-refractivity contribution in [2.24, 2.45) is 12.0 Å². The van der Waals surface area contributed by atoms with Gasteiger partial charge >= 0.3 is 0 Å². The molecule has 7 heteroatoms. The van der Waals surface area contributed by atoms with E-state index >= 15 is 0 Å². The van der Waals surface area contributed by atoms with Crippen molar-refractivity contribution < 1.29 is 9.84 Å². The van der Waals surface area contributed by atoms with Gasteiger partial charge in [-0.25, -0.2) is 9.67 Å². The van der Waals surface area contributed by atoms with Crippen molar-refractivity contribution in [3.05, 3.63) is 117 Å². The highest BCUT2D eigenvalue weighted by molar-refractivity contribution is 5.75. The van der Waals surface area contributed by atoms with Crippen molar-refractivity contribution in [2.45, 2.75) is 6.92 Å². The molecule has 0 amide bonds. The summed E-state index contributed by atoms with van der Waals surface area (Å²) in [5.74, 6) is 1.05. The van der Waals surface area contributed by atoms with Gasteiger partial charge in [-0.15, -0.1) is 0 Å². The monoisotopic (exact) mass is 451 g/mol. The van der Waals surface area contributed by atoms with E-state index in [9.17, 15) is 14.7 Å². The van der Waals surface area contributed by atoms with Crippen molar-refractivity contribution in [1.82, 2.24) is 9.36 Å². The zero-order valence-electron chi connectivity index (χ0n) is 18.6. The molecule has 0 unspecified atom stereocenters. The molecule has 0 aliphatic rings. The molecule has 0 saturated heterocycles. The number of rotatable bonds is 5. The largest absolute Gasteiger partial charge is 0.505 e. The molecule has 0 radical (unpaired) electrons. The first-order valence-electron chi connectivity index (χ1n) is 10.7. The third-order valence-electron chi connectivity index (χ3n) is 5.76. The summed E-state index contributed by atoms with van der Waals surface area (Å²) in [6.07, 6.45) is 0. The van der Waals surface area contributed by atoms with Crippen LogP contribution in [0.25, 0.3) is 16.8 Å². The minimum Gasteiger partial charge on any atom is -0.505 e. The van der Waals surface area contributed by atoms with Crippen LogP contribution in [0.5, 0.6) is 17.2 Å². The second-order valence-electron chi connectivity index (χ2n) is 7.86. The first-order valence-corrected chi connectivity index (χ1v) is 10.7. The number of nitrogens with zero attached hydrogens (tertiary/aromatic N) is 3. The van der Waals surface area contributed by atoms with E-state index in [4.69, 9.17) is 4.74 Å². The van der Waals surface area contributed by atoms with E-state index in [0.717, 1.165) is 0 Å². The molecule has 4 aromatic carbocycles. The lowest BCUT2D eigenvalue weighted by Crippen LogP contribution is -2.35. The van der Waals surface area contributed by atoms with Gasteiger partial charge in [-0.1, -0.05) is 36.4 Å². The first-order chi connectivity index (χ1) is 16.5. The van der Waals surface area contributed by atoms with Crippen LogP contribution < -0.4 is 21.1 Å². The number of hydrogen-bond donors (Lipinski definition) is 1. The Labute approximate surface area is 194 Å². The van der Waals surface area contributed by atoms with Gasteiger partial charge in [0.15, 0.2) is 11.1 Å². The zero-order valence-corrected chi connectivity index (χ0v) is 18.6. The minimum absolute atomic E-state index is 0.00411. The molecule has 0 bridgehead atoms. The van der Waals surface area contributed by atoms with Crippen molar-refractivity contribution in [1.29, 1.82) is 0 Å². The lowest BCUT2D eigenvalue weighted by atomic mass is 10.00. The van der Waals surface area contributed by atoms with Gasteiger partial charge in [-0.2, -0.15) is 0 Å². The standard InChI is InChI=1S/C27H21N3O4/c1-17-22(27(33)30(29(17)2)19-9-5-3-6-10-19)23-25(31)24(26(23)32)28-18-13-15-21(16-14-18)34-20-11-7-4-8-12-20/h3-16,31H,1-2H3. The van der Waals surface area contributed by atoms with Crippen LogP contribution in [0.3, 0.4) is 0 Å². The normalized spacial score (nSPS) is 11.8. The van der Waals surface area contributed by atoms with Gasteiger partial charge < -0.3 is 9.84 Å². The van der Waals surface area contributed by atoms with Crippen LogP contribution >= 0.6 is 0 Å². The summed E-state index contributed by atoms with van der Waals surface area (Å²) in [6.45, 7) is 1.74. The summed E-state index contributed by atoms with van der Waals surface area (Å²) in [5, 5.41) is 10.6. The average molecular weight is 451 g/mol. The lowest BCUT2D eigenvalue weighted by molar-refractivity contribution is 0.463. The summed E-state index contributed by atoms with van der Waals surface area (Å²) in [4.78, 5) is 30.4. The smallest absolute Gasteiger partial charge is 0.279 e. The molecule has 34 heavy (non-hydrogen) atoms. The SMILES string of the molecule is Cc1c(-c2c(O)c(=Nc3ccc(Oc4ccccc4)cc3)c2=O)c(=O)n(-c2ccccc2)n1C. The third kappa shape index (κ3) is 3.53. The predicted molar refractivity (Wildman–Crippen MR) is 130 cm³/mol. The van der Waals surface area contributed by atoms with Crippen LogP contribution in [0, 0.1) is 6.92 Å². The van der Waals surface area contributed by atoms with E-state index in [1.807, 2.05) is 48.5 Å². The van der Waals surface area contributed by atoms with Gasteiger partial charge in [0.05, 0.1) is 22.5 Å². The fraction of sp³-hybridized carbons (Fsp3) is 0.0741. The molecule has 0 saturated carbocycles. The van der Waals surface area contributed by atoms with Gasteiger partial charge in [-0.05, 0) is 55.5 Å². The van der Waals surface area contributed by atoms with E-state index in [-0.39, 0.29) is 27.8 Å². The number of hydrogen-bond acceptors (Lipinski definition) is 5. The molecular formula is C27H21N3O4. The summed E-state index contributed by atoms with van der Waals surface area (Å²) < 4.78 is 8.90. The molecule has 7 nitrogen and oxygen atoms in total. The summed E-state index contributed by atoms with van der Waals surface area (Å²) in [5.41, 5.74) is 1.07. The number of benzene rings is 3. The van der Waals surface area contributed by atoms with Gasteiger partial charge in [0.25, 0.3) is 5.56 Å². The third-order valence-corrected chi connectivity index (χ3v) is 5.76. The van der Waals surface area contributed by atoms with E-state index in [2.05, 4.69) is 4.99 Å². The highest BCUT2D eigenvalue weighted by atomic mass is 16.5. The van der Waals surface area contributed by atoms with E-state index in [0.29, 0.717) is 28.6 Å². The minimum atomic E-state index is -0.465. The highest BCUT2D eigenvalue weighted by Gasteiger charge is 2.28. The maximum Gasteiger partial charge on any atom is 0.279 e. The molecular weight excluding hydrogens is 430 g/mol. The number of para-hydroxylation sites is 2. The van der Waals surface area contributed by atoms with Gasteiger partial charge in [-0.3, -0.25) is 14.3 Å². The van der Waals surface area contributed by atoms with Crippen LogP contribution in [0.2, 0.25) is 0 Å². The molecule has 0 aliphatic heterocycles. The molecule has 1 heterocycles. The van der Waals surface area contributed by atoms with E-state index in [1.165, 1.54) is 4.68 Å². The second-order valence-corrected chi connectivity index (χ2v) is 7.86. The number of aromatic hydroxyl groups is 1. The molecule has 0 atom stereocenters. The van der Waals surface area contributed by atoms with Crippen molar-refractivity contribution >= 4 is 5.69 Å². The van der Waals surface area contributed by atoms with Crippen molar-refractivity contribution in [3.8, 4) is 34.1 Å². The summed E-state index contributed by atoms with van der Waals surface area (Å²) >= 11 is 0. The lowest BCUT2D eigenvalue weighted by Gasteiger charge is -2.08. The van der Waals surface area contributed by atoms with Gasteiger partial charge in [0.1, 0.15) is 11.5 Å². The molecule has 0 aliphatic carbocycles. The highest BCUT2D eigenvalue weighted by Crippen LogP contribution is 2.27. The molecule has 1 aromatic heterocycles. The maximum absolute atomic E-state index is 13.2. The molecule has 5 aromatic rings. The predicted octanol–water partition coefficient (Wildman–Crippen LogP) is 4.12. The Kier molecular flexibility index (Phi) is 5.22. The Morgan fingerprint density at radius 2 is 1.38 bits per heavy atom. The van der Waals surface area contributed by atoms with Crippen LogP contribution in [-0.4, -0.2) is 14.5 Å². The Morgan fingerprint density at radius 3 is 2.00 bits per heavy atom. The molecule has 0 fully saturated rings. The van der Waals surface area contributed by atoms with Crippen molar-refractivity contribution in [2.75, 3.05) is 0 Å². The zero-order chi connectivity index (χ0) is 23.8. The number of ether oxygens (including phenoxy) is 1. The Balaban J connectivity index is 1.49. The number of aromatic nitrogens is 2. The fourth-order valence-corrected chi connectivity index (χ4v) is 3.92. The second kappa shape index (κ2) is 8.37. The van der Waals surface area contributed by atoms with Gasteiger partial charge in [0.2, 0.25) is 5.43 Å². The molecule has 168 valence electrons. The topological polar surface area (TPSA) is 85.8 Å². The summed E-state index contributed by atoms with van der Waals surface area (Å²) in [6, 6.07) is 25.4. The molecule has 1 N–H and O–H groups in total. The summed E-state index contributed by atoms with van der Waals surface area (Å²) in [7, 11) is 1.74. The Hall–Kier alpha value is -4.65. The van der Waals surface area contributed by atoms with E-state index < -0.39 is 5.43 Å². The van der Waals surface area contributed by atoms with Crippen LogP contribution in [0.1, 0.15) is 5.69 Å². The van der Waals surface area contributed by atoms with E-state index in [1.54, 1.807) is 55.1 Å². The molecule has 5 rings (SSSR count). The Morgan fingerprint density at radius 1 is 0.794 bits per heavy atom. The first kappa shape index (κ1) is 21.2. The fourth-order valence-electron chi connectivity index (χ4n) is 3.92. The molecule has 0 spiro atoms. The Bertz CT molecular complexity index is 1620. The van der Waals surface area contributed by atoms with Gasteiger partial charge in [0, 0.05) is 12.7 Å². The van der Waals surface area contributed by atoms with Crippen LogP contribution in [0.4, 0.5) is 5.69 Å². The maximum atomic E-state index is 13.2. The van der Waals surface area contributed by atoms with Crippen LogP contribution in [-0.2, 0) is 7.05 Å². The quantitative estimate of drug-likeness (QED) is 0.436.